The average molecular weight is 504 g/mol. The first-order valence-electron chi connectivity index (χ1n) is 10.4. The van der Waals surface area contributed by atoms with E-state index in [0.717, 1.165) is 23.3 Å². The van der Waals surface area contributed by atoms with Crippen molar-refractivity contribution in [1.29, 1.82) is 0 Å². The zero-order valence-electron chi connectivity index (χ0n) is 18.0. The van der Waals surface area contributed by atoms with Crippen molar-refractivity contribution in [2.75, 3.05) is 5.32 Å². The predicted molar refractivity (Wildman–Crippen MR) is 130 cm³/mol. The molecule has 0 aromatic heterocycles. The lowest BCUT2D eigenvalue weighted by molar-refractivity contribution is 0.100. The van der Waals surface area contributed by atoms with Crippen LogP contribution in [0.5, 0.6) is 0 Å². The molecule has 34 heavy (non-hydrogen) atoms. The van der Waals surface area contributed by atoms with Gasteiger partial charge >= 0.3 is 0 Å². The van der Waals surface area contributed by atoms with Gasteiger partial charge in [0.2, 0.25) is 5.96 Å². The number of amides is 1. The molecule has 4 rings (SSSR count). The van der Waals surface area contributed by atoms with E-state index in [1.54, 1.807) is 0 Å². The van der Waals surface area contributed by atoms with Crippen LogP contribution in [0.25, 0.3) is 0 Å². The number of nitrogens with zero attached hydrogens (tertiary/aromatic N) is 1. The van der Waals surface area contributed by atoms with Crippen LogP contribution >= 0.6 is 23.2 Å². The highest BCUT2D eigenvalue weighted by molar-refractivity contribution is 6.31. The lowest BCUT2D eigenvalue weighted by atomic mass is 10.0. The van der Waals surface area contributed by atoms with Gasteiger partial charge < -0.3 is 10.6 Å². The maximum Gasteiger partial charge on any atom is 0.280 e. The van der Waals surface area contributed by atoms with Crippen LogP contribution in [-0.4, -0.2) is 18.0 Å². The minimum absolute atomic E-state index is 0.00955. The highest BCUT2D eigenvalue weighted by Crippen LogP contribution is 2.23. The Hall–Kier alpha value is -3.04. The van der Waals surface area contributed by atoms with Gasteiger partial charge in [-0.3, -0.25) is 4.79 Å². The molecule has 3 aromatic carbocycles. The summed E-state index contributed by atoms with van der Waals surface area (Å²) in [4.78, 5) is 16.8. The molecule has 0 radical (unpaired) electrons. The van der Waals surface area contributed by atoms with Gasteiger partial charge in [-0.25, -0.2) is 19.6 Å². The van der Waals surface area contributed by atoms with E-state index in [-0.39, 0.29) is 39.5 Å². The topological polar surface area (TPSA) is 77.5 Å². The molecule has 0 saturated carbocycles. The zero-order chi connectivity index (χ0) is 24.2. The first kappa shape index (κ1) is 24.1. The van der Waals surface area contributed by atoms with Gasteiger partial charge in [-0.05, 0) is 48.9 Å². The molecule has 1 saturated heterocycles. The number of aryl methyl sites for hydroxylation is 1. The molecule has 1 aliphatic rings. The number of guanidine groups is 1. The van der Waals surface area contributed by atoms with Crippen LogP contribution in [-0.2, 0) is 0 Å². The number of hydrogen-bond acceptors (Lipinski definition) is 3. The standard InChI is InChI=1S/C24H21Cl2F2N5O/c1-13-2-4-14(5-3-13)21-12-22(33-32-21)30-24(29-18-10-16(25)9-17(27)11-18)31-23(34)15-6-7-19(26)20(28)8-15/h2-11,21-22,32-33H,12H2,1H3,(H2,29,30,31,34). The lowest BCUT2D eigenvalue weighted by Gasteiger charge is -2.17. The number of aliphatic imine (C=N–C) groups is 1. The van der Waals surface area contributed by atoms with Crippen molar-refractivity contribution < 1.29 is 13.6 Å². The molecule has 0 aliphatic carbocycles. The fourth-order valence-corrected chi connectivity index (χ4v) is 3.83. The average Bonchev–Trinajstić information content (AvgIpc) is 3.23. The molecule has 10 heteroatoms. The molecule has 2 unspecified atom stereocenters. The first-order valence-corrected chi connectivity index (χ1v) is 11.2. The van der Waals surface area contributed by atoms with Gasteiger partial charge in [-0.1, -0.05) is 53.0 Å². The Bertz CT molecular complexity index is 1220. The van der Waals surface area contributed by atoms with Crippen molar-refractivity contribution in [3.8, 4) is 0 Å². The quantitative estimate of drug-likeness (QED) is 0.285. The number of carbonyl (C=O) groups is 1. The van der Waals surface area contributed by atoms with Crippen molar-refractivity contribution in [2.24, 2.45) is 4.99 Å². The van der Waals surface area contributed by atoms with E-state index in [1.807, 2.05) is 31.2 Å². The SMILES string of the molecule is Cc1ccc(C2CC(N/C(=N\C(=O)c3ccc(Cl)c(F)c3)Nc3cc(F)cc(Cl)c3)NN2)cc1. The molecular formula is C24H21Cl2F2N5O. The zero-order valence-corrected chi connectivity index (χ0v) is 19.5. The Kier molecular flexibility index (Phi) is 7.43. The van der Waals surface area contributed by atoms with E-state index >= 15 is 0 Å². The molecule has 1 amide bonds. The summed E-state index contributed by atoms with van der Waals surface area (Å²) in [7, 11) is 0. The van der Waals surface area contributed by atoms with Gasteiger partial charge in [-0.15, -0.1) is 0 Å². The molecule has 3 aromatic rings. The normalized spacial score (nSPS) is 18.1. The summed E-state index contributed by atoms with van der Waals surface area (Å²) in [5.74, 6) is -1.97. The van der Waals surface area contributed by atoms with Crippen LogP contribution in [0.4, 0.5) is 14.5 Å². The summed E-state index contributed by atoms with van der Waals surface area (Å²) < 4.78 is 27.7. The molecule has 1 heterocycles. The van der Waals surface area contributed by atoms with E-state index in [0.29, 0.717) is 6.42 Å². The van der Waals surface area contributed by atoms with Crippen LogP contribution in [0.2, 0.25) is 10.0 Å². The van der Waals surface area contributed by atoms with Gasteiger partial charge in [0, 0.05) is 28.7 Å². The van der Waals surface area contributed by atoms with Crippen molar-refractivity contribution in [3.05, 3.63) is 99.0 Å². The van der Waals surface area contributed by atoms with Gasteiger partial charge in [0.15, 0.2) is 0 Å². The fraction of sp³-hybridized carbons (Fsp3) is 0.167. The fourth-order valence-electron chi connectivity index (χ4n) is 3.49. The molecule has 0 bridgehead atoms. The Morgan fingerprint density at radius 1 is 1.03 bits per heavy atom. The first-order chi connectivity index (χ1) is 16.3. The van der Waals surface area contributed by atoms with Crippen LogP contribution in [0, 0.1) is 18.6 Å². The Labute approximate surface area is 205 Å². The molecule has 1 aliphatic heterocycles. The number of halogens is 4. The van der Waals surface area contributed by atoms with E-state index < -0.39 is 17.5 Å². The Morgan fingerprint density at radius 3 is 2.50 bits per heavy atom. The van der Waals surface area contributed by atoms with E-state index in [9.17, 15) is 13.6 Å². The number of hydrogen-bond donors (Lipinski definition) is 4. The minimum Gasteiger partial charge on any atom is -0.339 e. The number of rotatable bonds is 4. The van der Waals surface area contributed by atoms with E-state index in [1.165, 1.54) is 24.3 Å². The highest BCUT2D eigenvalue weighted by atomic mass is 35.5. The third-order valence-corrected chi connectivity index (χ3v) is 5.72. The van der Waals surface area contributed by atoms with Crippen molar-refractivity contribution >= 4 is 40.8 Å². The summed E-state index contributed by atoms with van der Waals surface area (Å²) in [6, 6.07) is 15.7. The maximum absolute atomic E-state index is 13.8. The van der Waals surface area contributed by atoms with Gasteiger partial charge in [-0.2, -0.15) is 4.99 Å². The monoisotopic (exact) mass is 503 g/mol. The highest BCUT2D eigenvalue weighted by Gasteiger charge is 2.26. The van der Waals surface area contributed by atoms with Gasteiger partial charge in [0.25, 0.3) is 5.91 Å². The predicted octanol–water partition coefficient (Wildman–Crippen LogP) is 5.34. The third kappa shape index (κ3) is 6.09. The van der Waals surface area contributed by atoms with E-state index in [2.05, 4.69) is 26.5 Å². The largest absolute Gasteiger partial charge is 0.339 e. The molecule has 2 atom stereocenters. The van der Waals surface area contributed by atoms with Crippen LogP contribution in [0.15, 0.2) is 65.7 Å². The molecule has 0 spiro atoms. The van der Waals surface area contributed by atoms with Crippen LogP contribution in [0.3, 0.4) is 0 Å². The number of hydrazine groups is 1. The number of anilines is 1. The summed E-state index contributed by atoms with van der Waals surface area (Å²) in [5.41, 5.74) is 8.87. The summed E-state index contributed by atoms with van der Waals surface area (Å²) in [6.07, 6.45) is 0.300. The van der Waals surface area contributed by atoms with Crippen molar-refractivity contribution in [3.63, 3.8) is 0 Å². The lowest BCUT2D eigenvalue weighted by Crippen LogP contribution is -2.47. The van der Waals surface area contributed by atoms with Gasteiger partial charge in [0.1, 0.15) is 11.6 Å². The molecule has 176 valence electrons. The second-order valence-electron chi connectivity index (χ2n) is 7.86. The summed E-state index contributed by atoms with van der Waals surface area (Å²) >= 11 is 11.7. The minimum atomic E-state index is -0.732. The molecule has 4 N–H and O–H groups in total. The smallest absolute Gasteiger partial charge is 0.280 e. The second kappa shape index (κ2) is 10.5. The van der Waals surface area contributed by atoms with E-state index in [4.69, 9.17) is 23.2 Å². The number of nitrogens with one attached hydrogen (secondary N) is 4. The van der Waals surface area contributed by atoms with Crippen molar-refractivity contribution in [2.45, 2.75) is 25.6 Å². The summed E-state index contributed by atoms with van der Waals surface area (Å²) in [6.45, 7) is 2.02. The summed E-state index contributed by atoms with van der Waals surface area (Å²) in [5, 5.41) is 6.05. The third-order valence-electron chi connectivity index (χ3n) is 5.20. The molecular weight excluding hydrogens is 483 g/mol. The number of carbonyl (C=O) groups excluding carboxylic acids is 1. The second-order valence-corrected chi connectivity index (χ2v) is 8.71. The van der Waals surface area contributed by atoms with Crippen LogP contribution < -0.4 is 21.5 Å². The van der Waals surface area contributed by atoms with Crippen molar-refractivity contribution in [1.82, 2.24) is 16.2 Å². The molecule has 6 nitrogen and oxygen atoms in total. The number of benzene rings is 3. The van der Waals surface area contributed by atoms with Crippen LogP contribution in [0.1, 0.15) is 33.9 Å². The Balaban J connectivity index is 1.55. The Morgan fingerprint density at radius 2 is 1.79 bits per heavy atom. The van der Waals surface area contributed by atoms with Gasteiger partial charge in [0.05, 0.1) is 11.2 Å². The maximum atomic E-state index is 13.8. The molecule has 1 fully saturated rings.